The van der Waals surface area contributed by atoms with E-state index in [0.29, 0.717) is 5.25 Å². The van der Waals surface area contributed by atoms with Gasteiger partial charge in [-0.25, -0.2) is 0 Å². The summed E-state index contributed by atoms with van der Waals surface area (Å²) in [5, 5.41) is 9.90. The van der Waals surface area contributed by atoms with Crippen LogP contribution in [-0.4, -0.2) is 28.3 Å². The number of aliphatic hydroxyl groups is 1. The molecule has 0 amide bonds. The average molecular weight is 336 g/mol. The van der Waals surface area contributed by atoms with E-state index in [2.05, 4.69) is 31.2 Å². The van der Waals surface area contributed by atoms with Crippen LogP contribution in [0.3, 0.4) is 0 Å². The van der Waals surface area contributed by atoms with E-state index in [9.17, 15) is 5.11 Å². The van der Waals surface area contributed by atoms with Gasteiger partial charge in [-0.15, -0.1) is 0 Å². The molecule has 0 aliphatic carbocycles. The Morgan fingerprint density at radius 3 is 2.43 bits per heavy atom. The molecule has 0 aromatic heterocycles. The second-order valence-electron chi connectivity index (χ2n) is 7.04. The highest BCUT2D eigenvalue weighted by Crippen LogP contribution is 2.36. The van der Waals surface area contributed by atoms with Gasteiger partial charge in [0.2, 0.25) is 0 Å². The predicted octanol–water partition coefficient (Wildman–Crippen LogP) is 4.33. The van der Waals surface area contributed by atoms with Crippen LogP contribution in [0.15, 0.2) is 24.3 Å². The molecular weight excluding hydrogens is 302 g/mol. The van der Waals surface area contributed by atoms with E-state index in [-0.39, 0.29) is 12.1 Å². The standard InChI is InChI=1S/C20H33NOS/c1-2-3-4-5-6-7-8-17-9-11-18(12-10-17)15-19-20(21,16-22)13-14-23-19/h9-12,19,22H,2-8,13-16,21H2,1H3. The highest BCUT2D eigenvalue weighted by atomic mass is 32.2. The first kappa shape index (κ1) is 18.8. The van der Waals surface area contributed by atoms with Crippen LogP contribution in [-0.2, 0) is 12.8 Å². The van der Waals surface area contributed by atoms with Gasteiger partial charge in [0.05, 0.1) is 12.1 Å². The molecule has 1 fully saturated rings. The lowest BCUT2D eigenvalue weighted by molar-refractivity contribution is 0.194. The number of thioether (sulfide) groups is 1. The molecule has 1 aliphatic rings. The molecule has 0 radical (unpaired) electrons. The van der Waals surface area contributed by atoms with Crippen molar-refractivity contribution in [2.45, 2.75) is 75.5 Å². The first-order chi connectivity index (χ1) is 11.2. The molecule has 1 aromatic rings. The topological polar surface area (TPSA) is 46.2 Å². The number of benzene rings is 1. The maximum absolute atomic E-state index is 9.55. The molecule has 130 valence electrons. The number of rotatable bonds is 10. The molecule has 2 unspecified atom stereocenters. The Bertz CT molecular complexity index is 447. The van der Waals surface area contributed by atoms with Crippen LogP contribution in [0.5, 0.6) is 0 Å². The minimum Gasteiger partial charge on any atom is -0.394 e. The summed E-state index contributed by atoms with van der Waals surface area (Å²) in [5.74, 6) is 1.07. The second-order valence-corrected chi connectivity index (χ2v) is 8.35. The van der Waals surface area contributed by atoms with Crippen molar-refractivity contribution < 1.29 is 5.11 Å². The molecular formula is C20H33NOS. The summed E-state index contributed by atoms with van der Waals surface area (Å²) in [4.78, 5) is 0. The van der Waals surface area contributed by atoms with E-state index < -0.39 is 0 Å². The molecule has 23 heavy (non-hydrogen) atoms. The first-order valence-corrected chi connectivity index (χ1v) is 10.3. The van der Waals surface area contributed by atoms with Gasteiger partial charge in [0.1, 0.15) is 0 Å². The van der Waals surface area contributed by atoms with Gasteiger partial charge in [-0.3, -0.25) is 0 Å². The van der Waals surface area contributed by atoms with Gasteiger partial charge < -0.3 is 10.8 Å². The van der Waals surface area contributed by atoms with Crippen LogP contribution in [0, 0.1) is 0 Å². The molecule has 0 bridgehead atoms. The third-order valence-corrected chi connectivity index (χ3v) is 6.56. The van der Waals surface area contributed by atoms with Gasteiger partial charge in [0.25, 0.3) is 0 Å². The van der Waals surface area contributed by atoms with Crippen molar-refractivity contribution in [3.8, 4) is 0 Å². The van der Waals surface area contributed by atoms with Crippen LogP contribution >= 0.6 is 11.8 Å². The maximum Gasteiger partial charge on any atom is 0.0622 e. The van der Waals surface area contributed by atoms with Crippen molar-refractivity contribution >= 4 is 11.8 Å². The molecule has 3 N–H and O–H groups in total. The Morgan fingerprint density at radius 1 is 1.09 bits per heavy atom. The third kappa shape index (κ3) is 5.81. The van der Waals surface area contributed by atoms with Gasteiger partial charge in [-0.05, 0) is 42.6 Å². The summed E-state index contributed by atoms with van der Waals surface area (Å²) in [6.45, 7) is 2.36. The fraction of sp³-hybridized carbons (Fsp3) is 0.700. The normalized spacial score (nSPS) is 24.2. The van der Waals surface area contributed by atoms with Crippen LogP contribution in [0.4, 0.5) is 0 Å². The summed E-state index contributed by atoms with van der Waals surface area (Å²) in [7, 11) is 0. The van der Waals surface area contributed by atoms with Gasteiger partial charge in [0, 0.05) is 5.25 Å². The summed E-state index contributed by atoms with van der Waals surface area (Å²) < 4.78 is 0. The fourth-order valence-corrected chi connectivity index (χ4v) is 4.94. The van der Waals surface area contributed by atoms with E-state index in [1.807, 2.05) is 11.8 Å². The van der Waals surface area contributed by atoms with Crippen molar-refractivity contribution in [3.63, 3.8) is 0 Å². The van der Waals surface area contributed by atoms with Crippen molar-refractivity contribution in [3.05, 3.63) is 35.4 Å². The molecule has 2 rings (SSSR count). The van der Waals surface area contributed by atoms with Crippen molar-refractivity contribution in [1.29, 1.82) is 0 Å². The Morgan fingerprint density at radius 2 is 1.74 bits per heavy atom. The van der Waals surface area contributed by atoms with Gasteiger partial charge >= 0.3 is 0 Å². The number of aryl methyl sites for hydroxylation is 1. The van der Waals surface area contributed by atoms with Gasteiger partial charge in [0.15, 0.2) is 0 Å². The molecule has 1 aliphatic heterocycles. The Hall–Kier alpha value is -0.510. The number of hydrogen-bond donors (Lipinski definition) is 2. The van der Waals surface area contributed by atoms with Crippen molar-refractivity contribution in [2.75, 3.05) is 12.4 Å². The van der Waals surface area contributed by atoms with E-state index in [0.717, 1.165) is 18.6 Å². The molecule has 1 heterocycles. The van der Waals surface area contributed by atoms with Gasteiger partial charge in [-0.1, -0.05) is 63.3 Å². The largest absolute Gasteiger partial charge is 0.394 e. The minimum atomic E-state index is -0.387. The molecule has 0 saturated carbocycles. The maximum atomic E-state index is 9.55. The van der Waals surface area contributed by atoms with E-state index in [4.69, 9.17) is 5.73 Å². The van der Waals surface area contributed by atoms with Crippen LogP contribution < -0.4 is 5.73 Å². The van der Waals surface area contributed by atoms with Crippen LogP contribution in [0.25, 0.3) is 0 Å². The summed E-state index contributed by atoms with van der Waals surface area (Å²) >= 11 is 1.91. The van der Waals surface area contributed by atoms with E-state index in [1.54, 1.807) is 0 Å². The Kier molecular flexibility index (Phi) is 7.94. The molecule has 3 heteroatoms. The molecule has 1 saturated heterocycles. The number of aliphatic hydroxyl groups excluding tert-OH is 1. The third-order valence-electron chi connectivity index (χ3n) is 5.09. The van der Waals surface area contributed by atoms with Gasteiger partial charge in [-0.2, -0.15) is 11.8 Å². The predicted molar refractivity (Wildman–Crippen MR) is 102 cm³/mol. The quantitative estimate of drug-likeness (QED) is 0.626. The minimum absolute atomic E-state index is 0.0980. The fourth-order valence-electron chi connectivity index (χ4n) is 3.33. The zero-order valence-corrected chi connectivity index (χ0v) is 15.4. The van der Waals surface area contributed by atoms with Crippen LogP contribution in [0.1, 0.15) is 63.0 Å². The molecule has 2 nitrogen and oxygen atoms in total. The summed E-state index contributed by atoms with van der Waals surface area (Å²) in [5.41, 5.74) is 8.73. The molecule has 2 atom stereocenters. The summed E-state index contributed by atoms with van der Waals surface area (Å²) in [6.07, 6.45) is 11.2. The Labute approximate surface area is 146 Å². The lowest BCUT2D eigenvalue weighted by Crippen LogP contribution is -2.50. The number of unbranched alkanes of at least 4 members (excludes halogenated alkanes) is 5. The number of hydrogen-bond acceptors (Lipinski definition) is 3. The number of nitrogens with two attached hydrogens (primary N) is 1. The monoisotopic (exact) mass is 335 g/mol. The zero-order chi connectivity index (χ0) is 16.5. The lowest BCUT2D eigenvalue weighted by Gasteiger charge is -2.28. The Balaban J connectivity index is 1.74. The van der Waals surface area contributed by atoms with Crippen LogP contribution in [0.2, 0.25) is 0 Å². The van der Waals surface area contributed by atoms with Crippen molar-refractivity contribution in [1.82, 2.24) is 0 Å². The highest BCUT2D eigenvalue weighted by Gasteiger charge is 2.39. The SMILES string of the molecule is CCCCCCCCc1ccc(CC2SCCC2(N)CO)cc1. The average Bonchev–Trinajstić information content (AvgIpc) is 2.94. The summed E-state index contributed by atoms with van der Waals surface area (Å²) in [6, 6.07) is 9.06. The lowest BCUT2D eigenvalue weighted by atomic mass is 9.90. The molecule has 1 aromatic carbocycles. The van der Waals surface area contributed by atoms with E-state index >= 15 is 0 Å². The zero-order valence-electron chi connectivity index (χ0n) is 14.6. The van der Waals surface area contributed by atoms with E-state index in [1.165, 1.54) is 56.1 Å². The highest BCUT2D eigenvalue weighted by molar-refractivity contribution is 8.00. The smallest absolute Gasteiger partial charge is 0.0622 e. The molecule has 0 spiro atoms. The second kappa shape index (κ2) is 9.71. The van der Waals surface area contributed by atoms with Crippen molar-refractivity contribution in [2.24, 2.45) is 5.73 Å². The first-order valence-electron chi connectivity index (χ1n) is 9.27.